The summed E-state index contributed by atoms with van der Waals surface area (Å²) in [4.78, 5) is 12.5. The van der Waals surface area contributed by atoms with Crippen LogP contribution in [-0.4, -0.2) is 24.4 Å². The first-order chi connectivity index (χ1) is 5.45. The zero-order valence-electron chi connectivity index (χ0n) is 8.13. The molecule has 0 atom stereocenters. The molecule has 0 unspecified atom stereocenters. The van der Waals surface area contributed by atoms with Gasteiger partial charge in [-0.1, -0.05) is 20.4 Å². The fourth-order valence-corrected chi connectivity index (χ4v) is 0.775. The lowest BCUT2D eigenvalue weighted by Crippen LogP contribution is -2.28. The van der Waals surface area contributed by atoms with Crippen LogP contribution in [0.25, 0.3) is 0 Å². The highest BCUT2D eigenvalue weighted by atomic mass is 16.1. The molecule has 1 amide bonds. The lowest BCUT2D eigenvalue weighted by molar-refractivity contribution is -0.115. The van der Waals surface area contributed by atoms with Crippen molar-refractivity contribution in [1.82, 2.24) is 4.90 Å². The maximum atomic E-state index is 10.7. The predicted molar refractivity (Wildman–Crippen MR) is 50.4 cm³/mol. The molecule has 0 heterocycles. The van der Waals surface area contributed by atoms with Crippen LogP contribution in [0, 0.1) is 5.92 Å². The number of carbonyl (C=O) groups excluding carboxylic acids is 1. The van der Waals surface area contributed by atoms with E-state index in [9.17, 15) is 4.79 Å². The molecule has 0 saturated carbocycles. The number of hydrogen-bond donors (Lipinski definition) is 1. The van der Waals surface area contributed by atoms with Crippen molar-refractivity contribution in [1.29, 1.82) is 0 Å². The molecule has 0 spiro atoms. The van der Waals surface area contributed by atoms with Crippen molar-refractivity contribution in [3.05, 3.63) is 12.3 Å². The van der Waals surface area contributed by atoms with Gasteiger partial charge >= 0.3 is 0 Å². The van der Waals surface area contributed by atoms with Crippen molar-refractivity contribution >= 4 is 5.91 Å². The fourth-order valence-electron chi connectivity index (χ4n) is 0.775. The van der Waals surface area contributed by atoms with Crippen LogP contribution >= 0.6 is 0 Å². The molecular formula is C9H18N2O. The summed E-state index contributed by atoms with van der Waals surface area (Å²) in [5, 5.41) is 0. The Labute approximate surface area is 74.2 Å². The van der Waals surface area contributed by atoms with Gasteiger partial charge in [-0.2, -0.15) is 0 Å². The summed E-state index contributed by atoms with van der Waals surface area (Å²) in [6.45, 7) is 8.70. The monoisotopic (exact) mass is 170 g/mol. The third-order valence-corrected chi connectivity index (χ3v) is 1.79. The standard InChI is InChI=1S/C9H18N2O/c1-7(2)5-6-11(4)8(3)9(10)12/h7H,3,5-6H2,1-2,4H3,(H2,10,12). The maximum absolute atomic E-state index is 10.7. The number of hydrogen-bond acceptors (Lipinski definition) is 2. The van der Waals surface area contributed by atoms with Gasteiger partial charge in [0.2, 0.25) is 0 Å². The molecule has 0 aliphatic rings. The van der Waals surface area contributed by atoms with E-state index >= 15 is 0 Å². The van der Waals surface area contributed by atoms with Crippen molar-refractivity contribution in [2.45, 2.75) is 20.3 Å². The summed E-state index contributed by atoms with van der Waals surface area (Å²) < 4.78 is 0. The number of nitrogens with two attached hydrogens (primary N) is 1. The summed E-state index contributed by atoms with van der Waals surface area (Å²) in [6, 6.07) is 0. The third-order valence-electron chi connectivity index (χ3n) is 1.79. The van der Waals surface area contributed by atoms with Gasteiger partial charge in [-0.05, 0) is 12.3 Å². The zero-order valence-corrected chi connectivity index (χ0v) is 8.13. The van der Waals surface area contributed by atoms with Gasteiger partial charge in [-0.25, -0.2) is 0 Å². The second kappa shape index (κ2) is 4.80. The molecule has 0 aromatic heterocycles. The van der Waals surface area contributed by atoms with Gasteiger partial charge < -0.3 is 10.6 Å². The summed E-state index contributed by atoms with van der Waals surface area (Å²) in [5.41, 5.74) is 5.45. The minimum atomic E-state index is -0.443. The molecule has 3 heteroatoms. The van der Waals surface area contributed by atoms with E-state index in [1.165, 1.54) is 0 Å². The summed E-state index contributed by atoms with van der Waals surface area (Å²) in [6.07, 6.45) is 1.04. The molecule has 3 nitrogen and oxygen atoms in total. The second-order valence-electron chi connectivity index (χ2n) is 3.42. The molecule has 12 heavy (non-hydrogen) atoms. The van der Waals surface area contributed by atoms with Gasteiger partial charge in [0.25, 0.3) is 5.91 Å². The number of rotatable bonds is 5. The van der Waals surface area contributed by atoms with Crippen LogP contribution in [0.5, 0.6) is 0 Å². The Kier molecular flexibility index (Phi) is 4.40. The number of nitrogens with zero attached hydrogens (tertiary/aromatic N) is 1. The smallest absolute Gasteiger partial charge is 0.264 e. The largest absolute Gasteiger partial charge is 0.371 e. The molecule has 0 bridgehead atoms. The normalized spacial score (nSPS) is 10.0. The van der Waals surface area contributed by atoms with E-state index in [2.05, 4.69) is 20.4 Å². The molecule has 0 saturated heterocycles. The van der Waals surface area contributed by atoms with Crippen LogP contribution < -0.4 is 5.73 Å². The average molecular weight is 170 g/mol. The number of primary amides is 1. The van der Waals surface area contributed by atoms with Gasteiger partial charge in [-0.15, -0.1) is 0 Å². The highest BCUT2D eigenvalue weighted by molar-refractivity contribution is 5.90. The first-order valence-electron chi connectivity index (χ1n) is 4.15. The summed E-state index contributed by atoms with van der Waals surface area (Å²) in [7, 11) is 1.83. The minimum absolute atomic E-state index is 0.385. The van der Waals surface area contributed by atoms with E-state index in [1.54, 1.807) is 4.90 Å². The molecular weight excluding hydrogens is 152 g/mol. The van der Waals surface area contributed by atoms with Gasteiger partial charge in [-0.3, -0.25) is 4.79 Å². The number of likely N-dealkylation sites (N-methyl/N-ethyl adjacent to an activating group) is 1. The molecule has 0 rings (SSSR count). The van der Waals surface area contributed by atoms with Crippen molar-refractivity contribution in [3.8, 4) is 0 Å². The maximum Gasteiger partial charge on any atom is 0.264 e. The second-order valence-corrected chi connectivity index (χ2v) is 3.42. The molecule has 0 aliphatic carbocycles. The molecule has 0 aromatic carbocycles. The van der Waals surface area contributed by atoms with Gasteiger partial charge in [0.15, 0.2) is 0 Å². The average Bonchev–Trinajstić information content (AvgIpc) is 1.98. The Morgan fingerprint density at radius 2 is 2.08 bits per heavy atom. The zero-order chi connectivity index (χ0) is 9.72. The van der Waals surface area contributed by atoms with Gasteiger partial charge in [0.05, 0.1) is 5.70 Å². The lowest BCUT2D eigenvalue weighted by Gasteiger charge is -2.19. The molecule has 2 N–H and O–H groups in total. The van der Waals surface area contributed by atoms with E-state index in [1.807, 2.05) is 7.05 Å². The molecule has 0 aliphatic heterocycles. The Morgan fingerprint density at radius 3 is 2.42 bits per heavy atom. The van der Waals surface area contributed by atoms with Crippen LogP contribution in [-0.2, 0) is 4.79 Å². The first kappa shape index (κ1) is 11.0. The number of amides is 1. The lowest BCUT2D eigenvalue weighted by atomic mass is 10.1. The highest BCUT2D eigenvalue weighted by Crippen LogP contribution is 2.04. The van der Waals surface area contributed by atoms with Gasteiger partial charge in [0, 0.05) is 13.6 Å². The Bertz CT molecular complexity index is 175. The predicted octanol–water partition coefficient (Wildman–Crippen LogP) is 0.963. The van der Waals surface area contributed by atoms with Crippen molar-refractivity contribution < 1.29 is 4.79 Å². The van der Waals surface area contributed by atoms with Crippen LogP contribution in [0.15, 0.2) is 12.3 Å². The van der Waals surface area contributed by atoms with Crippen LogP contribution in [0.4, 0.5) is 0 Å². The van der Waals surface area contributed by atoms with E-state index in [0.29, 0.717) is 11.6 Å². The quantitative estimate of drug-likeness (QED) is 0.625. The van der Waals surface area contributed by atoms with Gasteiger partial charge in [0.1, 0.15) is 0 Å². The van der Waals surface area contributed by atoms with E-state index in [0.717, 1.165) is 13.0 Å². The van der Waals surface area contributed by atoms with Crippen LogP contribution in [0.2, 0.25) is 0 Å². The van der Waals surface area contributed by atoms with Crippen molar-refractivity contribution in [2.75, 3.05) is 13.6 Å². The van der Waals surface area contributed by atoms with E-state index < -0.39 is 5.91 Å². The summed E-state index contributed by atoms with van der Waals surface area (Å²) in [5.74, 6) is 0.189. The Balaban J connectivity index is 3.80. The molecule has 0 aromatic rings. The molecule has 70 valence electrons. The van der Waals surface area contributed by atoms with E-state index in [4.69, 9.17) is 5.73 Å². The fraction of sp³-hybridized carbons (Fsp3) is 0.667. The SMILES string of the molecule is C=C(C(N)=O)N(C)CCC(C)C. The Morgan fingerprint density at radius 1 is 1.58 bits per heavy atom. The first-order valence-corrected chi connectivity index (χ1v) is 4.15. The topological polar surface area (TPSA) is 46.3 Å². The van der Waals surface area contributed by atoms with Crippen LogP contribution in [0.3, 0.4) is 0 Å². The van der Waals surface area contributed by atoms with Crippen LogP contribution in [0.1, 0.15) is 20.3 Å². The Hall–Kier alpha value is -0.990. The molecule has 0 radical (unpaired) electrons. The van der Waals surface area contributed by atoms with Crippen molar-refractivity contribution in [2.24, 2.45) is 11.7 Å². The molecule has 0 fully saturated rings. The number of carbonyl (C=O) groups is 1. The highest BCUT2D eigenvalue weighted by Gasteiger charge is 2.07. The van der Waals surface area contributed by atoms with Crippen molar-refractivity contribution in [3.63, 3.8) is 0 Å². The minimum Gasteiger partial charge on any atom is -0.371 e. The van der Waals surface area contributed by atoms with E-state index in [-0.39, 0.29) is 0 Å². The summed E-state index contributed by atoms with van der Waals surface area (Å²) >= 11 is 0. The third kappa shape index (κ3) is 4.01.